The maximum atomic E-state index is 12.0. The lowest BCUT2D eigenvalue weighted by Crippen LogP contribution is -2.29. The number of rotatable bonds is 5. The highest BCUT2D eigenvalue weighted by molar-refractivity contribution is 7.80. The minimum absolute atomic E-state index is 0.172. The Morgan fingerprint density at radius 3 is 2.65 bits per heavy atom. The number of aromatic hydroxyl groups is 1. The second-order valence-electron chi connectivity index (χ2n) is 7.79. The number of hydrogen-bond acceptors (Lipinski definition) is 6. The molecule has 2 unspecified atom stereocenters. The smallest absolute Gasteiger partial charge is 0.337 e. The molecule has 3 heterocycles. The van der Waals surface area contributed by atoms with Crippen molar-refractivity contribution in [1.82, 2.24) is 10.3 Å². The summed E-state index contributed by atoms with van der Waals surface area (Å²) in [6.45, 7) is 0. The van der Waals surface area contributed by atoms with E-state index in [0.29, 0.717) is 22.2 Å². The van der Waals surface area contributed by atoms with Crippen LogP contribution in [0.4, 0.5) is 5.69 Å². The monoisotopic (exact) mass is 471 g/mol. The number of methoxy groups -OCH3 is 1. The van der Waals surface area contributed by atoms with E-state index in [4.69, 9.17) is 21.4 Å². The second-order valence-corrected chi connectivity index (χ2v) is 8.17. The van der Waals surface area contributed by atoms with Crippen LogP contribution in [-0.2, 0) is 4.74 Å². The number of esters is 1. The van der Waals surface area contributed by atoms with Crippen LogP contribution in [0.2, 0.25) is 0 Å². The summed E-state index contributed by atoms with van der Waals surface area (Å²) in [6.07, 6.45) is 1.74. The van der Waals surface area contributed by atoms with E-state index in [1.807, 2.05) is 41.3 Å². The summed E-state index contributed by atoms with van der Waals surface area (Å²) in [6, 6.07) is 22.9. The molecule has 34 heavy (non-hydrogen) atoms. The van der Waals surface area contributed by atoms with Gasteiger partial charge in [0, 0.05) is 17.4 Å². The van der Waals surface area contributed by atoms with E-state index in [1.165, 1.54) is 7.11 Å². The van der Waals surface area contributed by atoms with E-state index in [0.717, 1.165) is 16.9 Å². The predicted molar refractivity (Wildman–Crippen MR) is 132 cm³/mol. The number of phenolic OH excluding ortho intramolecular Hbond substituents is 1. The van der Waals surface area contributed by atoms with Crippen molar-refractivity contribution in [3.63, 3.8) is 0 Å². The lowest BCUT2D eigenvalue weighted by atomic mass is 10.0. The normalized spacial score (nSPS) is 17.4. The maximum absolute atomic E-state index is 12.0. The summed E-state index contributed by atoms with van der Waals surface area (Å²) < 4.78 is 11.2. The number of phenols is 1. The molecule has 0 bridgehead atoms. The van der Waals surface area contributed by atoms with Crippen molar-refractivity contribution >= 4 is 29.0 Å². The number of hydrogen-bond donors (Lipinski definition) is 2. The van der Waals surface area contributed by atoms with Gasteiger partial charge < -0.3 is 24.5 Å². The Kier molecular flexibility index (Phi) is 5.73. The van der Waals surface area contributed by atoms with Gasteiger partial charge in [0.15, 0.2) is 5.11 Å². The molecule has 4 aromatic rings. The summed E-state index contributed by atoms with van der Waals surface area (Å²) in [5, 5.41) is 13.7. The van der Waals surface area contributed by atoms with E-state index in [1.54, 1.807) is 48.7 Å². The summed E-state index contributed by atoms with van der Waals surface area (Å²) in [7, 11) is 1.35. The fraction of sp³-hybridized carbons (Fsp3) is 0.115. The molecule has 0 aliphatic carbocycles. The van der Waals surface area contributed by atoms with Gasteiger partial charge in [-0.2, -0.15) is 0 Å². The number of pyridine rings is 1. The van der Waals surface area contributed by atoms with Gasteiger partial charge in [0.25, 0.3) is 0 Å². The lowest BCUT2D eigenvalue weighted by molar-refractivity contribution is 0.0601. The Morgan fingerprint density at radius 1 is 1.09 bits per heavy atom. The molecule has 1 aliphatic heterocycles. The second kappa shape index (κ2) is 8.99. The summed E-state index contributed by atoms with van der Waals surface area (Å²) >= 11 is 5.70. The largest absolute Gasteiger partial charge is 0.508 e. The van der Waals surface area contributed by atoms with Crippen molar-refractivity contribution in [3.05, 3.63) is 102 Å². The molecule has 0 amide bonds. The zero-order valence-corrected chi connectivity index (χ0v) is 19.0. The number of ether oxygens (including phenoxy) is 1. The van der Waals surface area contributed by atoms with Crippen LogP contribution in [0.15, 0.2) is 89.5 Å². The van der Waals surface area contributed by atoms with Gasteiger partial charge in [-0.3, -0.25) is 4.98 Å². The number of nitrogens with zero attached hydrogens (tertiary/aromatic N) is 2. The first-order chi connectivity index (χ1) is 16.5. The molecular formula is C26H21N3O4S. The standard InChI is InChI=1S/C26H21N3O4S/c1-32-25(31)17-6-4-5-16(15-17)21-12-13-22(33-21)24-23(20-7-2-3-14-27-20)28-26(34)29(24)18-8-10-19(30)11-9-18/h2-15,23-24,30H,1H3,(H,28,34). The van der Waals surface area contributed by atoms with Crippen LogP contribution in [0.25, 0.3) is 11.3 Å². The average molecular weight is 472 g/mol. The van der Waals surface area contributed by atoms with E-state index in [-0.39, 0.29) is 17.8 Å². The molecule has 8 heteroatoms. The number of furan rings is 1. The highest BCUT2D eigenvalue weighted by atomic mass is 32.1. The van der Waals surface area contributed by atoms with Crippen LogP contribution in [-0.4, -0.2) is 28.3 Å². The minimum atomic E-state index is -0.410. The van der Waals surface area contributed by atoms with E-state index >= 15 is 0 Å². The molecular weight excluding hydrogens is 450 g/mol. The molecule has 7 nitrogen and oxygen atoms in total. The topological polar surface area (TPSA) is 87.8 Å². The first-order valence-electron chi connectivity index (χ1n) is 10.6. The van der Waals surface area contributed by atoms with Crippen LogP contribution < -0.4 is 10.2 Å². The van der Waals surface area contributed by atoms with Crippen LogP contribution >= 0.6 is 12.2 Å². The summed E-state index contributed by atoms with van der Waals surface area (Å²) in [4.78, 5) is 18.5. The van der Waals surface area contributed by atoms with Crippen molar-refractivity contribution < 1.29 is 19.1 Å². The number of thiocarbonyl (C=S) groups is 1. The van der Waals surface area contributed by atoms with E-state index in [9.17, 15) is 9.90 Å². The highest BCUT2D eigenvalue weighted by Gasteiger charge is 2.42. The molecule has 2 atom stereocenters. The molecule has 1 aliphatic rings. The van der Waals surface area contributed by atoms with Crippen molar-refractivity contribution in [2.45, 2.75) is 12.1 Å². The summed E-state index contributed by atoms with van der Waals surface area (Å²) in [5.74, 6) is 1.05. The number of carbonyl (C=O) groups is 1. The highest BCUT2D eigenvalue weighted by Crippen LogP contribution is 2.43. The minimum Gasteiger partial charge on any atom is -0.508 e. The number of anilines is 1. The van der Waals surface area contributed by atoms with Crippen LogP contribution in [0.5, 0.6) is 5.75 Å². The number of aromatic nitrogens is 1. The molecule has 0 spiro atoms. The Bertz CT molecular complexity index is 1340. The number of nitrogens with one attached hydrogen (secondary N) is 1. The quantitative estimate of drug-likeness (QED) is 0.310. The molecule has 5 rings (SSSR count). The number of benzene rings is 2. The predicted octanol–water partition coefficient (Wildman–Crippen LogP) is 5.01. The molecule has 1 saturated heterocycles. The molecule has 2 N–H and O–H groups in total. The third-order valence-corrected chi connectivity index (χ3v) is 6.03. The van der Waals surface area contributed by atoms with Gasteiger partial charge in [0.2, 0.25) is 0 Å². The maximum Gasteiger partial charge on any atom is 0.337 e. The average Bonchev–Trinajstić information content (AvgIpc) is 3.49. The first kappa shape index (κ1) is 21.7. The van der Waals surface area contributed by atoms with Crippen LogP contribution in [0.1, 0.15) is 33.9 Å². The SMILES string of the molecule is COC(=O)c1cccc(-c2ccc(C3C(c4ccccn4)NC(=S)N3c3ccc(O)cc3)o2)c1. The third kappa shape index (κ3) is 3.99. The molecule has 1 fully saturated rings. The molecule has 0 radical (unpaired) electrons. The summed E-state index contributed by atoms with van der Waals surface area (Å²) in [5.41, 5.74) is 2.83. The first-order valence-corrected chi connectivity index (χ1v) is 11.0. The Hall–Kier alpha value is -4.17. The molecule has 2 aromatic carbocycles. The number of carbonyl (C=O) groups excluding carboxylic acids is 1. The molecule has 2 aromatic heterocycles. The van der Waals surface area contributed by atoms with E-state index in [2.05, 4.69) is 10.3 Å². The van der Waals surface area contributed by atoms with Crippen LogP contribution in [0.3, 0.4) is 0 Å². The lowest BCUT2D eigenvalue weighted by Gasteiger charge is -2.26. The van der Waals surface area contributed by atoms with Gasteiger partial charge in [-0.05, 0) is 72.9 Å². The van der Waals surface area contributed by atoms with Crippen molar-refractivity contribution in [3.8, 4) is 17.1 Å². The molecule has 0 saturated carbocycles. The van der Waals surface area contributed by atoms with Gasteiger partial charge in [0.05, 0.1) is 24.4 Å². The Labute approximate surface area is 201 Å². The van der Waals surface area contributed by atoms with Gasteiger partial charge in [-0.25, -0.2) is 4.79 Å². The van der Waals surface area contributed by atoms with Crippen LogP contribution in [0, 0.1) is 0 Å². The third-order valence-electron chi connectivity index (χ3n) is 5.71. The van der Waals surface area contributed by atoms with Gasteiger partial charge >= 0.3 is 5.97 Å². The van der Waals surface area contributed by atoms with Crippen molar-refractivity contribution in [1.29, 1.82) is 0 Å². The Morgan fingerprint density at radius 2 is 1.91 bits per heavy atom. The van der Waals surface area contributed by atoms with Crippen molar-refractivity contribution in [2.75, 3.05) is 12.0 Å². The zero-order chi connectivity index (χ0) is 23.7. The van der Waals surface area contributed by atoms with Crippen molar-refractivity contribution in [2.24, 2.45) is 0 Å². The molecule has 170 valence electrons. The zero-order valence-electron chi connectivity index (χ0n) is 18.2. The van der Waals surface area contributed by atoms with Gasteiger partial charge in [0.1, 0.15) is 23.3 Å². The fourth-order valence-corrected chi connectivity index (χ4v) is 4.47. The Balaban J connectivity index is 1.57. The fourth-order valence-electron chi connectivity index (χ4n) is 4.12. The van der Waals surface area contributed by atoms with E-state index < -0.39 is 5.97 Å². The van der Waals surface area contributed by atoms with Gasteiger partial charge in [-0.1, -0.05) is 18.2 Å². The van der Waals surface area contributed by atoms with Gasteiger partial charge in [-0.15, -0.1) is 0 Å².